The van der Waals surface area contributed by atoms with Gasteiger partial charge in [0.15, 0.2) is 35.2 Å². The first kappa shape index (κ1) is 26.7. The highest BCUT2D eigenvalue weighted by Crippen LogP contribution is 2.54. The highest BCUT2D eigenvalue weighted by molar-refractivity contribution is 5.86. The third kappa shape index (κ3) is 5.19. The largest absolute Gasteiger partial charge is 0.487 e. The van der Waals surface area contributed by atoms with Crippen LogP contribution in [-0.4, -0.2) is 81.1 Å². The van der Waals surface area contributed by atoms with Crippen LogP contribution < -0.4 is 20.1 Å². The summed E-state index contributed by atoms with van der Waals surface area (Å²) < 4.78 is 49.1. The van der Waals surface area contributed by atoms with Crippen molar-refractivity contribution in [1.29, 1.82) is 0 Å². The first-order valence-corrected chi connectivity index (χ1v) is 13.0. The van der Waals surface area contributed by atoms with Gasteiger partial charge in [0.1, 0.15) is 13.2 Å². The van der Waals surface area contributed by atoms with Gasteiger partial charge >= 0.3 is 11.9 Å². The Labute approximate surface area is 227 Å². The lowest BCUT2D eigenvalue weighted by molar-refractivity contribution is -0.183. The van der Waals surface area contributed by atoms with Gasteiger partial charge in [-0.25, -0.2) is 19.6 Å². The number of rotatable bonds is 11. The first-order valence-electron chi connectivity index (χ1n) is 13.0. The molecule has 4 N–H and O–H groups in total. The summed E-state index contributed by atoms with van der Waals surface area (Å²) in [6.07, 6.45) is 0.452. The molecule has 0 aromatic carbocycles. The van der Waals surface area contributed by atoms with E-state index in [4.69, 9.17) is 18.9 Å². The average molecular weight is 563 g/mol. The molecule has 2 aromatic rings. The van der Waals surface area contributed by atoms with E-state index in [1.165, 1.54) is 24.5 Å². The van der Waals surface area contributed by atoms with E-state index in [0.29, 0.717) is 25.7 Å². The minimum Gasteiger partial charge on any atom is -0.487 e. The van der Waals surface area contributed by atoms with Crippen molar-refractivity contribution in [3.63, 3.8) is 0 Å². The van der Waals surface area contributed by atoms with Crippen LogP contribution in [0, 0.1) is 23.7 Å². The number of aromatic nitrogens is 2. The zero-order valence-corrected chi connectivity index (χ0v) is 21.2. The fourth-order valence-electron chi connectivity index (χ4n) is 5.62. The van der Waals surface area contributed by atoms with Gasteiger partial charge in [-0.2, -0.15) is 8.78 Å². The summed E-state index contributed by atoms with van der Waals surface area (Å²) in [7, 11) is 0. The van der Waals surface area contributed by atoms with Crippen LogP contribution in [0.4, 0.5) is 8.78 Å². The van der Waals surface area contributed by atoms with Crippen molar-refractivity contribution in [3.05, 3.63) is 48.6 Å². The normalized spacial score (nSPS) is 32.8. The zero-order chi connectivity index (χ0) is 28.1. The van der Waals surface area contributed by atoms with Crippen LogP contribution >= 0.6 is 0 Å². The van der Waals surface area contributed by atoms with Crippen LogP contribution in [0.3, 0.4) is 0 Å². The topological polar surface area (TPSA) is 161 Å². The quantitative estimate of drug-likeness (QED) is 0.218. The van der Waals surface area contributed by atoms with Crippen LogP contribution in [0.15, 0.2) is 36.7 Å². The molecule has 0 amide bonds. The predicted molar refractivity (Wildman–Crippen MR) is 128 cm³/mol. The summed E-state index contributed by atoms with van der Waals surface area (Å²) in [5, 5.41) is 26.9. The van der Waals surface area contributed by atoms with E-state index in [9.17, 15) is 28.6 Å². The Morgan fingerprint density at radius 2 is 1.27 bits per heavy atom. The predicted octanol–water partition coefficient (Wildman–Crippen LogP) is 0.177. The molecule has 214 valence electrons. The Bertz CT molecular complexity index is 1210. The number of esters is 2. The number of fused-ring (bicyclic) bond motifs is 2. The van der Waals surface area contributed by atoms with Crippen molar-refractivity contribution in [1.82, 2.24) is 20.6 Å². The van der Waals surface area contributed by atoms with Gasteiger partial charge in [-0.3, -0.25) is 10.6 Å². The van der Waals surface area contributed by atoms with Gasteiger partial charge in [0, 0.05) is 49.2 Å². The summed E-state index contributed by atoms with van der Waals surface area (Å²) in [5.41, 5.74) is -2.09. The number of hydrogen-bond donors (Lipinski definition) is 4. The molecule has 2 saturated carbocycles. The van der Waals surface area contributed by atoms with Crippen molar-refractivity contribution in [2.24, 2.45) is 11.8 Å². The summed E-state index contributed by atoms with van der Waals surface area (Å²) in [6.45, 7) is 0.213. The number of ether oxygens (including phenoxy) is 4. The summed E-state index contributed by atoms with van der Waals surface area (Å²) >= 11 is 0. The molecule has 12 nitrogen and oxygen atoms in total. The molecule has 4 heterocycles. The number of aliphatic hydroxyl groups is 2. The third-order valence-electron chi connectivity index (χ3n) is 7.81. The highest BCUT2D eigenvalue weighted by atomic mass is 19.1. The molecule has 6 rings (SSSR count). The van der Waals surface area contributed by atoms with Gasteiger partial charge in [0.05, 0.1) is 0 Å². The molecule has 40 heavy (non-hydrogen) atoms. The summed E-state index contributed by atoms with van der Waals surface area (Å²) in [5.74, 6) is -3.90. The van der Waals surface area contributed by atoms with Crippen molar-refractivity contribution in [3.8, 4) is 11.5 Å². The molecule has 0 spiro atoms. The molecule has 4 fully saturated rings. The lowest BCUT2D eigenvalue weighted by Gasteiger charge is -2.24. The molecule has 2 aliphatic heterocycles. The number of nitrogens with zero attached hydrogens (tertiary/aromatic N) is 2. The fraction of sp³-hybridized carbons (Fsp3) is 0.538. The number of carbonyl (C=O) groups is 2. The fourth-order valence-corrected chi connectivity index (χ4v) is 5.62. The van der Waals surface area contributed by atoms with Gasteiger partial charge < -0.3 is 29.2 Å². The van der Waals surface area contributed by atoms with Gasteiger partial charge in [-0.15, -0.1) is 0 Å². The second-order valence-corrected chi connectivity index (χ2v) is 10.7. The highest BCUT2D eigenvalue weighted by Gasteiger charge is 2.66. The van der Waals surface area contributed by atoms with Gasteiger partial charge in [0.2, 0.25) is 0 Å². The lowest BCUT2D eigenvalue weighted by atomic mass is 10.2. The molecule has 8 atom stereocenters. The minimum atomic E-state index is -2.16. The third-order valence-corrected chi connectivity index (χ3v) is 7.81. The maximum atomic E-state index is 13.7. The lowest BCUT2D eigenvalue weighted by Crippen LogP contribution is -2.49. The number of halogens is 2. The zero-order valence-electron chi connectivity index (χ0n) is 21.2. The smallest absolute Gasteiger partial charge is 0.340 e. The second-order valence-electron chi connectivity index (χ2n) is 10.7. The Balaban J connectivity index is 0.957. The van der Waals surface area contributed by atoms with E-state index in [0.717, 1.165) is 0 Å². The van der Waals surface area contributed by atoms with E-state index in [2.05, 4.69) is 20.6 Å². The van der Waals surface area contributed by atoms with E-state index in [-0.39, 0.29) is 48.6 Å². The average Bonchev–Trinajstić information content (AvgIpc) is 3.71. The first-order chi connectivity index (χ1) is 19.2. The van der Waals surface area contributed by atoms with E-state index in [1.807, 2.05) is 0 Å². The molecule has 2 aromatic heterocycles. The summed E-state index contributed by atoms with van der Waals surface area (Å²) in [4.78, 5) is 32.2. The van der Waals surface area contributed by atoms with Crippen LogP contribution in [0.1, 0.15) is 25.7 Å². The molecule has 4 aliphatic rings. The van der Waals surface area contributed by atoms with Crippen molar-refractivity contribution in [2.45, 2.75) is 61.4 Å². The standard InChI is InChI=1S/C26H28F2N4O8/c27-21-17(3-1-5-29-21)37-11-15-7-13-9-25(13,31-15)39-23(35)19(33)20(34)24(36)40-26-10-14(26)8-16(32-26)12-38-18-4-2-6-30-22(18)28/h1-6,13-16,19-20,31-34H,7-12H2. The Morgan fingerprint density at radius 1 is 0.850 bits per heavy atom. The number of nitrogens with one attached hydrogen (secondary N) is 2. The Morgan fingerprint density at radius 3 is 1.68 bits per heavy atom. The maximum absolute atomic E-state index is 13.7. The molecule has 0 bridgehead atoms. The molecular weight excluding hydrogens is 534 g/mol. The van der Waals surface area contributed by atoms with E-state index < -0.39 is 47.5 Å². The molecule has 2 saturated heterocycles. The molecule has 0 radical (unpaired) electrons. The monoisotopic (exact) mass is 562 g/mol. The molecular formula is C26H28F2N4O8. The van der Waals surface area contributed by atoms with Gasteiger partial charge in [-0.1, -0.05) is 0 Å². The Hall–Kier alpha value is -3.46. The number of piperidine rings is 2. The number of aliphatic hydroxyl groups excluding tert-OH is 2. The Kier molecular flexibility index (Phi) is 6.81. The molecule has 2 aliphatic carbocycles. The van der Waals surface area contributed by atoms with Crippen molar-refractivity contribution >= 4 is 11.9 Å². The van der Waals surface area contributed by atoms with Gasteiger partial charge in [0.25, 0.3) is 11.9 Å². The van der Waals surface area contributed by atoms with Crippen molar-refractivity contribution in [2.75, 3.05) is 13.2 Å². The molecule has 14 heteroatoms. The van der Waals surface area contributed by atoms with E-state index in [1.54, 1.807) is 12.1 Å². The maximum Gasteiger partial charge on any atom is 0.340 e. The van der Waals surface area contributed by atoms with Crippen LogP contribution in [0.5, 0.6) is 11.5 Å². The van der Waals surface area contributed by atoms with E-state index >= 15 is 0 Å². The second kappa shape index (κ2) is 10.2. The molecule has 8 unspecified atom stereocenters. The van der Waals surface area contributed by atoms with Crippen LogP contribution in [0.25, 0.3) is 0 Å². The summed E-state index contributed by atoms with van der Waals surface area (Å²) in [6, 6.07) is 5.50. The number of pyridine rings is 2. The SMILES string of the molecule is O=C(OC12CC1CC(COc1cccnc1F)N2)C(O)C(O)C(=O)OC12CC1CC(COc1cccnc1F)N2. The van der Waals surface area contributed by atoms with Crippen LogP contribution in [-0.2, 0) is 19.1 Å². The van der Waals surface area contributed by atoms with Crippen LogP contribution in [0.2, 0.25) is 0 Å². The minimum absolute atomic E-state index is 0.00309. The number of hydrogen-bond acceptors (Lipinski definition) is 12. The van der Waals surface area contributed by atoms with Crippen molar-refractivity contribution < 1.29 is 47.5 Å². The number of carbonyl (C=O) groups excluding carboxylic acids is 2. The van der Waals surface area contributed by atoms with Gasteiger partial charge in [-0.05, 0) is 37.1 Å².